The summed E-state index contributed by atoms with van der Waals surface area (Å²) in [5.41, 5.74) is -0.0177. The van der Waals surface area contributed by atoms with Crippen molar-refractivity contribution in [1.82, 2.24) is 0 Å². The van der Waals surface area contributed by atoms with Crippen LogP contribution in [0.1, 0.15) is 20.7 Å². The first-order valence-electron chi connectivity index (χ1n) is 7.96. The fraction of sp³-hybridized carbons (Fsp3) is 0. The van der Waals surface area contributed by atoms with E-state index < -0.39 is 17.7 Å². The lowest BCUT2D eigenvalue weighted by Gasteiger charge is -2.13. The van der Waals surface area contributed by atoms with Gasteiger partial charge in [0.2, 0.25) is 0 Å². The van der Waals surface area contributed by atoms with Crippen LogP contribution in [-0.2, 0) is 0 Å². The standard InChI is InChI=1S/C20H10Cl4FNO3/c21-13-4-2-1-3-10(13)9-5-16(24)18(17(25)6-9)26-19(27)11-7-14(22)15(23)8-12(11)20(28)29/h1-8H,(H,26,27)(H,28,29). The van der Waals surface area contributed by atoms with Crippen molar-refractivity contribution in [1.29, 1.82) is 0 Å². The van der Waals surface area contributed by atoms with E-state index >= 15 is 0 Å². The predicted octanol–water partition coefficient (Wildman–Crippen LogP) is 7.06. The number of hydrogen-bond acceptors (Lipinski definition) is 2. The third-order valence-electron chi connectivity index (χ3n) is 4.00. The number of anilines is 1. The van der Waals surface area contributed by atoms with E-state index in [9.17, 15) is 19.1 Å². The Morgan fingerprint density at radius 2 is 1.45 bits per heavy atom. The van der Waals surface area contributed by atoms with Gasteiger partial charge in [0, 0.05) is 10.6 Å². The Balaban J connectivity index is 2.00. The number of aromatic carboxylic acids is 1. The lowest BCUT2D eigenvalue weighted by molar-refractivity contribution is 0.0692. The van der Waals surface area contributed by atoms with Crippen LogP contribution in [0.4, 0.5) is 10.1 Å². The number of carboxylic acids is 1. The minimum absolute atomic E-state index is 0.0255. The van der Waals surface area contributed by atoms with Gasteiger partial charge in [-0.05, 0) is 35.9 Å². The second kappa shape index (κ2) is 8.59. The number of hydrogen-bond donors (Lipinski definition) is 2. The van der Waals surface area contributed by atoms with Crippen molar-refractivity contribution in [2.45, 2.75) is 0 Å². The summed E-state index contributed by atoms with van der Waals surface area (Å²) in [4.78, 5) is 24.0. The summed E-state index contributed by atoms with van der Waals surface area (Å²) in [6.07, 6.45) is 0. The van der Waals surface area contributed by atoms with Crippen molar-refractivity contribution in [3.05, 3.63) is 85.6 Å². The molecular formula is C20H10Cl4FNO3. The minimum Gasteiger partial charge on any atom is -0.478 e. The first-order valence-corrected chi connectivity index (χ1v) is 9.48. The second-order valence-corrected chi connectivity index (χ2v) is 7.49. The number of carbonyl (C=O) groups is 2. The molecule has 0 radical (unpaired) electrons. The molecular weight excluding hydrogens is 463 g/mol. The zero-order valence-electron chi connectivity index (χ0n) is 14.3. The highest BCUT2D eigenvalue weighted by Gasteiger charge is 2.22. The SMILES string of the molecule is O=C(O)c1cc(Cl)c(Cl)cc1C(=O)Nc1c(F)cc(-c2ccccc2Cl)cc1Cl. The van der Waals surface area contributed by atoms with Gasteiger partial charge in [-0.1, -0.05) is 64.6 Å². The molecule has 0 fully saturated rings. The fourth-order valence-electron chi connectivity index (χ4n) is 2.64. The Labute approximate surface area is 184 Å². The Kier molecular flexibility index (Phi) is 6.34. The van der Waals surface area contributed by atoms with E-state index in [4.69, 9.17) is 46.4 Å². The van der Waals surface area contributed by atoms with E-state index in [1.807, 2.05) is 0 Å². The van der Waals surface area contributed by atoms with Crippen LogP contribution in [0.5, 0.6) is 0 Å². The lowest BCUT2D eigenvalue weighted by atomic mass is 10.0. The predicted molar refractivity (Wildman–Crippen MR) is 113 cm³/mol. The molecule has 3 rings (SSSR count). The minimum atomic E-state index is -1.39. The van der Waals surface area contributed by atoms with E-state index in [-0.39, 0.29) is 31.9 Å². The molecule has 0 aliphatic heterocycles. The molecule has 148 valence electrons. The first kappa shape index (κ1) is 21.4. The topological polar surface area (TPSA) is 66.4 Å². The van der Waals surface area contributed by atoms with Gasteiger partial charge in [-0.3, -0.25) is 4.79 Å². The number of amides is 1. The molecule has 1 amide bonds. The third-order valence-corrected chi connectivity index (χ3v) is 5.35. The van der Waals surface area contributed by atoms with Crippen LogP contribution in [0.25, 0.3) is 11.1 Å². The van der Waals surface area contributed by atoms with Crippen LogP contribution in [0.3, 0.4) is 0 Å². The smallest absolute Gasteiger partial charge is 0.336 e. The summed E-state index contributed by atoms with van der Waals surface area (Å²) < 4.78 is 14.7. The number of carbonyl (C=O) groups excluding carboxylic acids is 1. The van der Waals surface area contributed by atoms with Crippen LogP contribution >= 0.6 is 46.4 Å². The summed E-state index contributed by atoms with van der Waals surface area (Å²) >= 11 is 24.0. The van der Waals surface area contributed by atoms with Crippen LogP contribution in [-0.4, -0.2) is 17.0 Å². The van der Waals surface area contributed by atoms with Crippen LogP contribution in [0.2, 0.25) is 20.1 Å². The number of benzene rings is 3. The number of nitrogens with one attached hydrogen (secondary N) is 1. The Morgan fingerprint density at radius 1 is 0.828 bits per heavy atom. The van der Waals surface area contributed by atoms with Crippen molar-refractivity contribution < 1.29 is 19.1 Å². The summed E-state index contributed by atoms with van der Waals surface area (Å²) in [5.74, 6) is -3.13. The number of carboxylic acid groups (broad SMARTS) is 1. The monoisotopic (exact) mass is 471 g/mol. The highest BCUT2D eigenvalue weighted by atomic mass is 35.5. The molecule has 29 heavy (non-hydrogen) atoms. The molecule has 9 heteroatoms. The quantitative estimate of drug-likeness (QED) is 0.427. The molecule has 0 spiro atoms. The third kappa shape index (κ3) is 4.49. The zero-order chi connectivity index (χ0) is 21.3. The summed E-state index contributed by atoms with van der Waals surface area (Å²) in [7, 11) is 0. The Bertz CT molecular complexity index is 1130. The molecule has 0 heterocycles. The van der Waals surface area contributed by atoms with Gasteiger partial charge in [0.1, 0.15) is 5.82 Å². The van der Waals surface area contributed by atoms with Crippen LogP contribution < -0.4 is 5.32 Å². The molecule has 4 nitrogen and oxygen atoms in total. The molecule has 0 aliphatic carbocycles. The summed E-state index contributed by atoms with van der Waals surface area (Å²) in [5, 5.41) is 11.8. The van der Waals surface area contributed by atoms with Crippen molar-refractivity contribution in [2.24, 2.45) is 0 Å². The maximum Gasteiger partial charge on any atom is 0.336 e. The Hall–Kier alpha value is -2.31. The number of rotatable bonds is 4. The molecule has 3 aromatic carbocycles. The molecule has 0 bridgehead atoms. The van der Waals surface area contributed by atoms with E-state index in [1.165, 1.54) is 6.07 Å². The van der Waals surface area contributed by atoms with E-state index in [0.29, 0.717) is 16.1 Å². The van der Waals surface area contributed by atoms with E-state index in [2.05, 4.69) is 5.32 Å². The summed E-state index contributed by atoms with van der Waals surface area (Å²) in [6.45, 7) is 0. The molecule has 0 aliphatic rings. The second-order valence-electron chi connectivity index (χ2n) is 5.87. The highest BCUT2D eigenvalue weighted by Crippen LogP contribution is 2.35. The van der Waals surface area contributed by atoms with Crippen LogP contribution in [0.15, 0.2) is 48.5 Å². The molecule has 0 saturated heterocycles. The largest absolute Gasteiger partial charge is 0.478 e. The summed E-state index contributed by atoms with van der Waals surface area (Å²) in [6, 6.07) is 11.5. The van der Waals surface area contributed by atoms with E-state index in [1.54, 1.807) is 24.3 Å². The zero-order valence-corrected chi connectivity index (χ0v) is 17.3. The normalized spacial score (nSPS) is 10.7. The van der Waals surface area contributed by atoms with Gasteiger partial charge >= 0.3 is 5.97 Å². The van der Waals surface area contributed by atoms with Crippen LogP contribution in [0, 0.1) is 5.82 Å². The first-order chi connectivity index (χ1) is 13.7. The van der Waals surface area contributed by atoms with Crippen molar-refractivity contribution in [2.75, 3.05) is 5.32 Å². The number of halogens is 5. The van der Waals surface area contributed by atoms with E-state index in [0.717, 1.165) is 18.2 Å². The van der Waals surface area contributed by atoms with Gasteiger partial charge in [0.05, 0.1) is 31.9 Å². The molecule has 0 saturated carbocycles. The van der Waals surface area contributed by atoms with Gasteiger partial charge < -0.3 is 10.4 Å². The maximum absolute atomic E-state index is 14.7. The lowest BCUT2D eigenvalue weighted by Crippen LogP contribution is -2.17. The van der Waals surface area contributed by atoms with Crippen molar-refractivity contribution in [3.63, 3.8) is 0 Å². The fourth-order valence-corrected chi connectivity index (χ4v) is 3.46. The van der Waals surface area contributed by atoms with Gasteiger partial charge in [0.25, 0.3) is 5.91 Å². The molecule has 3 aromatic rings. The van der Waals surface area contributed by atoms with Crippen molar-refractivity contribution >= 4 is 64.0 Å². The van der Waals surface area contributed by atoms with Gasteiger partial charge in [-0.15, -0.1) is 0 Å². The average molecular weight is 473 g/mol. The molecule has 2 N–H and O–H groups in total. The highest BCUT2D eigenvalue weighted by molar-refractivity contribution is 6.42. The van der Waals surface area contributed by atoms with Gasteiger partial charge in [-0.2, -0.15) is 0 Å². The molecule has 0 unspecified atom stereocenters. The average Bonchev–Trinajstić information content (AvgIpc) is 2.66. The van der Waals surface area contributed by atoms with Gasteiger partial charge in [0.15, 0.2) is 0 Å². The Morgan fingerprint density at radius 3 is 2.03 bits per heavy atom. The van der Waals surface area contributed by atoms with Gasteiger partial charge in [-0.25, -0.2) is 9.18 Å². The van der Waals surface area contributed by atoms with Crippen molar-refractivity contribution in [3.8, 4) is 11.1 Å². The molecule has 0 atom stereocenters. The maximum atomic E-state index is 14.7. The molecule has 0 aromatic heterocycles.